The molecule has 0 bridgehead atoms. The van der Waals surface area contributed by atoms with Gasteiger partial charge in [0.05, 0.1) is 4.90 Å². The maximum Gasteiger partial charge on any atom is 0.263 e. The van der Waals surface area contributed by atoms with Crippen LogP contribution in [-0.2, 0) is 10.0 Å². The number of anilines is 1. The largest absolute Gasteiger partial charge is 0.300 e. The maximum absolute atomic E-state index is 12.6. The Hall–Kier alpha value is -2.18. The van der Waals surface area contributed by atoms with Crippen molar-refractivity contribution in [1.82, 2.24) is 4.57 Å². The van der Waals surface area contributed by atoms with E-state index in [-0.39, 0.29) is 4.90 Å². The summed E-state index contributed by atoms with van der Waals surface area (Å²) < 4.78 is 29.7. The van der Waals surface area contributed by atoms with Crippen molar-refractivity contribution in [3.8, 4) is 5.69 Å². The Balaban J connectivity index is 1.98. The third kappa shape index (κ3) is 3.34. The Labute approximate surface area is 146 Å². The van der Waals surface area contributed by atoms with Gasteiger partial charge in [-0.2, -0.15) is 0 Å². The first-order valence-corrected chi connectivity index (χ1v) is 10.1. The summed E-state index contributed by atoms with van der Waals surface area (Å²) in [5.41, 5.74) is 1.87. The van der Waals surface area contributed by atoms with E-state index in [0.29, 0.717) is 5.82 Å². The molecule has 6 heteroatoms. The van der Waals surface area contributed by atoms with Gasteiger partial charge in [-0.15, -0.1) is 11.8 Å². The second kappa shape index (κ2) is 6.75. The van der Waals surface area contributed by atoms with Crippen molar-refractivity contribution in [1.29, 1.82) is 0 Å². The molecule has 2 aromatic carbocycles. The van der Waals surface area contributed by atoms with Crippen LogP contribution in [0, 0.1) is 6.92 Å². The molecule has 0 unspecified atom stereocenters. The number of nitrogens with one attached hydrogen (secondary N) is 1. The molecule has 0 aliphatic carbocycles. The highest BCUT2D eigenvalue weighted by Gasteiger charge is 2.17. The maximum atomic E-state index is 12.6. The SMILES string of the molecule is CSc1ccc(-n2c(C)ccc2NS(=O)(=O)c2ccccc2)cc1. The lowest BCUT2D eigenvalue weighted by Crippen LogP contribution is -2.15. The van der Waals surface area contributed by atoms with Crippen LogP contribution < -0.4 is 4.72 Å². The highest BCUT2D eigenvalue weighted by molar-refractivity contribution is 7.98. The van der Waals surface area contributed by atoms with E-state index >= 15 is 0 Å². The summed E-state index contributed by atoms with van der Waals surface area (Å²) in [7, 11) is -3.62. The minimum absolute atomic E-state index is 0.244. The normalized spacial score (nSPS) is 11.4. The number of nitrogens with zero attached hydrogens (tertiary/aromatic N) is 1. The summed E-state index contributed by atoms with van der Waals surface area (Å²) in [6, 6.07) is 20.1. The molecule has 0 atom stereocenters. The molecule has 24 heavy (non-hydrogen) atoms. The molecule has 0 radical (unpaired) electrons. The Morgan fingerprint density at radius 1 is 0.917 bits per heavy atom. The van der Waals surface area contributed by atoms with Gasteiger partial charge in [0, 0.05) is 16.3 Å². The second-order valence-corrected chi connectivity index (χ2v) is 7.87. The van der Waals surface area contributed by atoms with Crippen molar-refractivity contribution in [2.75, 3.05) is 11.0 Å². The van der Waals surface area contributed by atoms with E-state index in [4.69, 9.17) is 0 Å². The van der Waals surface area contributed by atoms with Crippen molar-refractivity contribution >= 4 is 27.6 Å². The molecule has 0 fully saturated rings. The zero-order valence-electron chi connectivity index (χ0n) is 13.4. The Bertz CT molecular complexity index is 931. The molecule has 1 heterocycles. The third-order valence-electron chi connectivity index (χ3n) is 3.70. The predicted molar refractivity (Wildman–Crippen MR) is 99.5 cm³/mol. The molecule has 0 saturated heterocycles. The lowest BCUT2D eigenvalue weighted by atomic mass is 10.3. The zero-order chi connectivity index (χ0) is 17.2. The number of hydrogen-bond acceptors (Lipinski definition) is 3. The Morgan fingerprint density at radius 3 is 2.21 bits per heavy atom. The van der Waals surface area contributed by atoms with Crippen molar-refractivity contribution in [3.05, 3.63) is 72.4 Å². The number of rotatable bonds is 5. The molecule has 3 aromatic rings. The highest BCUT2D eigenvalue weighted by Crippen LogP contribution is 2.25. The van der Waals surface area contributed by atoms with Gasteiger partial charge in [-0.1, -0.05) is 18.2 Å². The standard InChI is InChI=1S/C18H18N2O2S2/c1-14-8-13-18(19-24(21,22)17-6-4-3-5-7-17)20(14)15-9-11-16(23-2)12-10-15/h3-13,19H,1-2H3. The lowest BCUT2D eigenvalue weighted by Gasteiger charge is -2.14. The summed E-state index contributed by atoms with van der Waals surface area (Å²) in [5.74, 6) is 0.522. The molecule has 0 aliphatic heterocycles. The summed E-state index contributed by atoms with van der Waals surface area (Å²) in [6.07, 6.45) is 2.02. The fraction of sp³-hybridized carbons (Fsp3) is 0.111. The summed E-state index contributed by atoms with van der Waals surface area (Å²) in [5, 5.41) is 0. The van der Waals surface area contributed by atoms with Crippen molar-refractivity contribution in [3.63, 3.8) is 0 Å². The molecule has 0 spiro atoms. The highest BCUT2D eigenvalue weighted by atomic mass is 32.2. The minimum Gasteiger partial charge on any atom is -0.300 e. The van der Waals surface area contributed by atoms with Crippen LogP contribution in [0.25, 0.3) is 5.69 Å². The number of hydrogen-bond donors (Lipinski definition) is 1. The van der Waals surface area contributed by atoms with Gasteiger partial charge in [-0.3, -0.25) is 4.72 Å². The van der Waals surface area contributed by atoms with Crippen LogP contribution in [0.15, 0.2) is 76.5 Å². The second-order valence-electron chi connectivity index (χ2n) is 5.31. The molecule has 1 aromatic heterocycles. The fourth-order valence-corrected chi connectivity index (χ4v) is 3.96. The monoisotopic (exact) mass is 358 g/mol. The summed E-state index contributed by atoms with van der Waals surface area (Å²) in [4.78, 5) is 1.41. The van der Waals surface area contributed by atoms with E-state index < -0.39 is 10.0 Å². The van der Waals surface area contributed by atoms with Crippen LogP contribution in [0.1, 0.15) is 5.69 Å². The van der Waals surface area contributed by atoms with Crippen LogP contribution >= 0.6 is 11.8 Å². The first kappa shape index (κ1) is 16.7. The van der Waals surface area contributed by atoms with Crippen molar-refractivity contribution < 1.29 is 8.42 Å². The first-order chi connectivity index (χ1) is 11.5. The molecule has 0 saturated carbocycles. The summed E-state index contributed by atoms with van der Waals surface area (Å²) >= 11 is 1.67. The molecule has 3 rings (SSSR count). The van der Waals surface area contributed by atoms with Gasteiger partial charge in [0.25, 0.3) is 10.0 Å². The van der Waals surface area contributed by atoms with Crippen LogP contribution in [0.4, 0.5) is 5.82 Å². The predicted octanol–water partition coefficient (Wildman–Crippen LogP) is 4.31. The third-order valence-corrected chi connectivity index (χ3v) is 5.81. The van der Waals surface area contributed by atoms with Crippen LogP contribution in [0.2, 0.25) is 0 Å². The number of aromatic nitrogens is 1. The molecule has 0 amide bonds. The lowest BCUT2D eigenvalue weighted by molar-refractivity contribution is 0.601. The van der Waals surface area contributed by atoms with E-state index in [1.807, 2.05) is 48.1 Å². The van der Waals surface area contributed by atoms with Gasteiger partial charge < -0.3 is 4.57 Å². The zero-order valence-corrected chi connectivity index (χ0v) is 15.1. The number of benzene rings is 2. The average Bonchev–Trinajstić information content (AvgIpc) is 2.95. The molecule has 4 nitrogen and oxygen atoms in total. The topological polar surface area (TPSA) is 51.1 Å². The first-order valence-electron chi connectivity index (χ1n) is 7.42. The molecular formula is C18H18N2O2S2. The number of aryl methyl sites for hydroxylation is 1. The smallest absolute Gasteiger partial charge is 0.263 e. The number of thioether (sulfide) groups is 1. The van der Waals surface area contributed by atoms with Crippen LogP contribution in [0.3, 0.4) is 0 Å². The molecule has 1 N–H and O–H groups in total. The Morgan fingerprint density at radius 2 is 1.58 bits per heavy atom. The van der Waals surface area contributed by atoms with Crippen LogP contribution in [0.5, 0.6) is 0 Å². The minimum atomic E-state index is -3.62. The van der Waals surface area contributed by atoms with Gasteiger partial charge in [-0.25, -0.2) is 8.42 Å². The van der Waals surface area contributed by atoms with Crippen molar-refractivity contribution in [2.24, 2.45) is 0 Å². The van der Waals surface area contributed by atoms with Gasteiger partial charge in [0.2, 0.25) is 0 Å². The average molecular weight is 358 g/mol. The fourth-order valence-electron chi connectivity index (χ4n) is 2.49. The quantitative estimate of drug-likeness (QED) is 0.692. The van der Waals surface area contributed by atoms with E-state index in [1.165, 1.54) is 0 Å². The van der Waals surface area contributed by atoms with Gasteiger partial charge >= 0.3 is 0 Å². The molecule has 0 aliphatic rings. The van der Waals surface area contributed by atoms with Gasteiger partial charge in [0.1, 0.15) is 5.82 Å². The summed E-state index contributed by atoms with van der Waals surface area (Å²) in [6.45, 7) is 1.95. The van der Waals surface area contributed by atoms with Crippen LogP contribution in [-0.4, -0.2) is 19.2 Å². The van der Waals surface area contributed by atoms with E-state index in [0.717, 1.165) is 16.3 Å². The molecular weight excluding hydrogens is 340 g/mol. The van der Waals surface area contributed by atoms with Crippen molar-refractivity contribution in [2.45, 2.75) is 16.7 Å². The number of sulfonamides is 1. The van der Waals surface area contributed by atoms with E-state index in [9.17, 15) is 8.42 Å². The molecule has 124 valence electrons. The Kier molecular flexibility index (Phi) is 4.69. The van der Waals surface area contributed by atoms with Gasteiger partial charge in [-0.05, 0) is 61.7 Å². The van der Waals surface area contributed by atoms with E-state index in [2.05, 4.69) is 4.72 Å². The van der Waals surface area contributed by atoms with E-state index in [1.54, 1.807) is 48.2 Å². The van der Waals surface area contributed by atoms with Gasteiger partial charge in [0.15, 0.2) is 0 Å².